The van der Waals surface area contributed by atoms with Gasteiger partial charge in [-0.15, -0.1) is 0 Å². The number of H-pyrrole nitrogens is 1. The summed E-state index contributed by atoms with van der Waals surface area (Å²) in [6.45, 7) is 2.21. The molecular weight excluding hydrogens is 485 g/mol. The van der Waals surface area contributed by atoms with Gasteiger partial charge in [0.2, 0.25) is 5.95 Å². The highest BCUT2D eigenvalue weighted by molar-refractivity contribution is 7.53. The molecule has 0 bridgehead atoms. The number of nitrogens with two attached hydrogens (primary N) is 1. The monoisotopic (exact) mass is 507 g/mol. The molecule has 0 amide bonds. The smallest absolute Gasteiger partial charge is 0.356 e. The third-order valence-electron chi connectivity index (χ3n) is 4.74. The third-order valence-corrected chi connectivity index (χ3v) is 6.51. The van der Waals surface area contributed by atoms with E-state index in [-0.39, 0.29) is 44.2 Å². The van der Waals surface area contributed by atoms with E-state index in [9.17, 15) is 9.36 Å². The largest absolute Gasteiger partial charge is 0.464 e. The Morgan fingerprint density at radius 2 is 2.06 bits per heavy atom. The minimum atomic E-state index is -3.67. The molecule has 0 spiro atoms. The second-order valence-corrected chi connectivity index (χ2v) is 9.83. The number of aromatic nitrogens is 4. The van der Waals surface area contributed by atoms with E-state index in [1.165, 1.54) is 6.33 Å². The minimum Gasteiger partial charge on any atom is -0.464 e. The Bertz CT molecular complexity index is 1380. The van der Waals surface area contributed by atoms with Crippen molar-refractivity contribution in [3.05, 3.63) is 75.2 Å². The number of aromatic amines is 1. The number of hydrogen-bond donors (Lipinski definition) is 2. The molecule has 4 aromatic rings. The fourth-order valence-electron chi connectivity index (χ4n) is 3.11. The Morgan fingerprint density at radius 3 is 2.82 bits per heavy atom. The maximum Gasteiger partial charge on any atom is 0.356 e. The molecule has 1 atom stereocenters. The van der Waals surface area contributed by atoms with Gasteiger partial charge in [-0.05, 0) is 36.8 Å². The molecule has 4 rings (SSSR count). The Hall–Kier alpha value is -2.95. The molecule has 0 fully saturated rings. The van der Waals surface area contributed by atoms with Gasteiger partial charge in [0.25, 0.3) is 5.56 Å². The van der Waals surface area contributed by atoms with Crippen molar-refractivity contribution in [1.82, 2.24) is 19.5 Å². The van der Waals surface area contributed by atoms with Crippen LogP contribution in [0.4, 0.5) is 5.95 Å². The summed E-state index contributed by atoms with van der Waals surface area (Å²) in [5, 5.41) is 0.541. The predicted molar refractivity (Wildman–Crippen MR) is 125 cm³/mol. The van der Waals surface area contributed by atoms with E-state index in [1.54, 1.807) is 47.9 Å². The molecule has 180 valence electrons. The topological polar surface area (TPSA) is 147 Å². The van der Waals surface area contributed by atoms with Gasteiger partial charge in [0.05, 0.1) is 19.5 Å². The number of rotatable bonds is 11. The molecule has 13 heteroatoms. The first kappa shape index (κ1) is 24.2. The average molecular weight is 508 g/mol. The molecular formula is C21H23ClN5O6P. The normalized spacial score (nSPS) is 13.4. The van der Waals surface area contributed by atoms with E-state index in [4.69, 9.17) is 35.5 Å². The van der Waals surface area contributed by atoms with Crippen molar-refractivity contribution in [2.45, 2.75) is 26.7 Å². The maximum atomic E-state index is 13.4. The van der Waals surface area contributed by atoms with Crippen molar-refractivity contribution >= 4 is 36.3 Å². The summed E-state index contributed by atoms with van der Waals surface area (Å²) in [5.41, 5.74) is 6.42. The Labute approximate surface area is 199 Å². The maximum absolute atomic E-state index is 13.4. The lowest BCUT2D eigenvalue weighted by molar-refractivity contribution is 0.114. The van der Waals surface area contributed by atoms with E-state index in [0.29, 0.717) is 22.2 Å². The molecule has 11 nitrogen and oxygen atoms in total. The molecule has 0 aliphatic heterocycles. The van der Waals surface area contributed by atoms with Gasteiger partial charge in [-0.2, -0.15) is 4.98 Å². The van der Waals surface area contributed by atoms with Crippen LogP contribution in [0.3, 0.4) is 0 Å². The number of nitrogens with zero attached hydrogens (tertiary/aromatic N) is 3. The number of furan rings is 1. The van der Waals surface area contributed by atoms with Crippen molar-refractivity contribution in [1.29, 1.82) is 0 Å². The number of benzene rings is 1. The van der Waals surface area contributed by atoms with Crippen molar-refractivity contribution in [3.8, 4) is 0 Å². The summed E-state index contributed by atoms with van der Waals surface area (Å²) in [7, 11) is -3.67. The molecule has 1 unspecified atom stereocenters. The van der Waals surface area contributed by atoms with Crippen molar-refractivity contribution in [2.24, 2.45) is 0 Å². The second-order valence-electron chi connectivity index (χ2n) is 7.40. The Morgan fingerprint density at radius 1 is 1.24 bits per heavy atom. The highest BCUT2D eigenvalue weighted by Crippen LogP contribution is 2.49. The highest BCUT2D eigenvalue weighted by atomic mass is 35.5. The zero-order valence-corrected chi connectivity index (χ0v) is 19.9. The van der Waals surface area contributed by atoms with Gasteiger partial charge < -0.3 is 24.0 Å². The fourth-order valence-corrected chi connectivity index (χ4v) is 4.57. The van der Waals surface area contributed by atoms with Crippen molar-refractivity contribution in [3.63, 3.8) is 0 Å². The fraction of sp³-hybridized carbons (Fsp3) is 0.286. The van der Waals surface area contributed by atoms with Gasteiger partial charge in [-0.1, -0.05) is 23.7 Å². The molecule has 3 N–H and O–H groups in total. The van der Waals surface area contributed by atoms with Crippen LogP contribution in [-0.2, 0) is 38.1 Å². The van der Waals surface area contributed by atoms with Gasteiger partial charge in [0, 0.05) is 11.6 Å². The number of imidazole rings is 1. The number of anilines is 1. The van der Waals surface area contributed by atoms with Crippen molar-refractivity contribution < 1.29 is 22.8 Å². The first-order valence-electron chi connectivity index (χ1n) is 10.3. The van der Waals surface area contributed by atoms with E-state index in [0.717, 1.165) is 5.56 Å². The van der Waals surface area contributed by atoms with Gasteiger partial charge in [-0.3, -0.25) is 18.9 Å². The summed E-state index contributed by atoms with van der Waals surface area (Å²) in [5.74, 6) is 1.22. The molecule has 0 saturated heterocycles. The van der Waals surface area contributed by atoms with E-state index >= 15 is 0 Å². The Kier molecular flexibility index (Phi) is 7.50. The first-order valence-corrected chi connectivity index (χ1v) is 12.4. The summed E-state index contributed by atoms with van der Waals surface area (Å²) in [6, 6.07) is 10.6. The van der Waals surface area contributed by atoms with Crippen LogP contribution in [0.2, 0.25) is 5.02 Å². The number of fused-ring (bicyclic) bond motifs is 1. The zero-order chi connectivity index (χ0) is 24.1. The summed E-state index contributed by atoms with van der Waals surface area (Å²) >= 11 is 6.02. The number of halogens is 1. The van der Waals surface area contributed by atoms with Gasteiger partial charge in [-0.25, -0.2) is 4.98 Å². The quantitative estimate of drug-likeness (QED) is 0.228. The molecule has 3 heterocycles. The highest BCUT2D eigenvalue weighted by Gasteiger charge is 2.26. The molecule has 0 aliphatic carbocycles. The van der Waals surface area contributed by atoms with Gasteiger partial charge >= 0.3 is 7.60 Å². The van der Waals surface area contributed by atoms with Crippen molar-refractivity contribution in [2.75, 3.05) is 18.7 Å². The summed E-state index contributed by atoms with van der Waals surface area (Å²) in [4.78, 5) is 22.4. The molecule has 1 aromatic carbocycles. The third kappa shape index (κ3) is 6.13. The lowest BCUT2D eigenvalue weighted by atomic mass is 10.2. The number of ether oxygens (including phenoxy) is 1. The van der Waals surface area contributed by atoms with E-state index < -0.39 is 13.2 Å². The van der Waals surface area contributed by atoms with Crippen LogP contribution in [0, 0.1) is 6.92 Å². The van der Waals surface area contributed by atoms with Crippen LogP contribution in [0.5, 0.6) is 0 Å². The molecule has 0 saturated carbocycles. The van der Waals surface area contributed by atoms with E-state index in [2.05, 4.69) is 15.0 Å². The number of hydrogen-bond acceptors (Lipinski definition) is 9. The summed E-state index contributed by atoms with van der Waals surface area (Å²) in [6.07, 6.45) is 1.16. The van der Waals surface area contributed by atoms with Crippen LogP contribution < -0.4 is 11.3 Å². The van der Waals surface area contributed by atoms with Crippen LogP contribution >= 0.6 is 19.2 Å². The average Bonchev–Trinajstić information content (AvgIpc) is 3.40. The lowest BCUT2D eigenvalue weighted by Crippen LogP contribution is -2.13. The SMILES string of the molecule is Cc1ccc(COP(=O)(COCCn2cnc3c(=O)[nH]c(N)nc32)OCc2cccc(Cl)c2)o1. The van der Waals surface area contributed by atoms with Crippen LogP contribution in [-0.4, -0.2) is 32.5 Å². The summed E-state index contributed by atoms with van der Waals surface area (Å²) < 4.78 is 37.4. The lowest BCUT2D eigenvalue weighted by Gasteiger charge is -2.18. The second kappa shape index (κ2) is 10.5. The Balaban J connectivity index is 1.39. The zero-order valence-electron chi connectivity index (χ0n) is 18.3. The number of aryl methyl sites for hydroxylation is 1. The number of nitrogen functional groups attached to an aromatic ring is 1. The molecule has 3 aromatic heterocycles. The first-order chi connectivity index (χ1) is 16.3. The van der Waals surface area contributed by atoms with E-state index in [1.807, 2.05) is 0 Å². The minimum absolute atomic E-state index is 0.0133. The predicted octanol–water partition coefficient (Wildman–Crippen LogP) is 3.86. The standard InChI is InChI=1S/C21H23ClN5O6P/c1-14-5-6-17(33-14)11-32-34(29,31-10-15-3-2-4-16(22)9-15)13-30-8-7-27-12-24-18-19(27)25-21(23)26-20(18)28/h2-6,9,12H,7-8,10-11,13H2,1H3,(H3,23,25,26,28). The van der Waals surface area contributed by atoms with Crippen LogP contribution in [0.1, 0.15) is 17.1 Å². The van der Waals surface area contributed by atoms with Gasteiger partial charge in [0.1, 0.15) is 24.5 Å². The molecule has 0 radical (unpaired) electrons. The van der Waals surface area contributed by atoms with Gasteiger partial charge in [0.15, 0.2) is 11.2 Å². The number of nitrogens with one attached hydrogen (secondary N) is 1. The van der Waals surface area contributed by atoms with Crippen LogP contribution in [0.25, 0.3) is 11.2 Å². The molecule has 34 heavy (non-hydrogen) atoms. The molecule has 0 aliphatic rings. The van der Waals surface area contributed by atoms with Crippen LogP contribution in [0.15, 0.2) is 51.9 Å².